The standard InChI is InChI=1S/C20H22N6O3/c1-23-20(28)26-10-7-14(13-17(26)22-23)25-11-12-29-18-16(25)6-5-15(21-18)19(27)24-8-3-2-4-9-24/h5-7,10,13H,2-4,8-9,11-12H2,1H3. The molecule has 1 saturated heterocycles. The zero-order valence-corrected chi connectivity index (χ0v) is 16.2. The lowest BCUT2D eigenvalue weighted by molar-refractivity contribution is 0.0717. The Bertz CT molecular complexity index is 1140. The van der Waals surface area contributed by atoms with Crippen LogP contribution in [0.1, 0.15) is 29.8 Å². The fraction of sp³-hybridized carbons (Fsp3) is 0.400. The van der Waals surface area contributed by atoms with Crippen LogP contribution in [0.4, 0.5) is 11.4 Å². The molecule has 0 radical (unpaired) electrons. The molecule has 0 saturated carbocycles. The van der Waals surface area contributed by atoms with Gasteiger partial charge < -0.3 is 14.5 Å². The van der Waals surface area contributed by atoms with E-state index in [-0.39, 0.29) is 11.6 Å². The molecule has 2 aliphatic heterocycles. The van der Waals surface area contributed by atoms with Crippen LogP contribution in [0.2, 0.25) is 0 Å². The molecule has 2 aliphatic rings. The first kappa shape index (κ1) is 17.7. The topological polar surface area (TPSA) is 85.0 Å². The van der Waals surface area contributed by atoms with Crippen LogP contribution in [-0.4, -0.2) is 56.2 Å². The molecule has 1 fully saturated rings. The van der Waals surface area contributed by atoms with Gasteiger partial charge in [0.1, 0.15) is 18.0 Å². The predicted octanol–water partition coefficient (Wildman–Crippen LogP) is 1.58. The number of aromatic nitrogens is 4. The molecule has 9 nitrogen and oxygen atoms in total. The molecule has 5 heterocycles. The number of hydrogen-bond acceptors (Lipinski definition) is 6. The summed E-state index contributed by atoms with van der Waals surface area (Å²) in [6.07, 6.45) is 4.98. The van der Waals surface area contributed by atoms with E-state index in [4.69, 9.17) is 4.74 Å². The Hall–Kier alpha value is -3.36. The summed E-state index contributed by atoms with van der Waals surface area (Å²) < 4.78 is 8.58. The molecule has 0 atom stereocenters. The predicted molar refractivity (Wildman–Crippen MR) is 107 cm³/mol. The van der Waals surface area contributed by atoms with Gasteiger partial charge in [0.05, 0.1) is 6.54 Å². The summed E-state index contributed by atoms with van der Waals surface area (Å²) in [4.78, 5) is 33.2. The second-order valence-electron chi connectivity index (χ2n) is 7.39. The van der Waals surface area contributed by atoms with Crippen LogP contribution in [0.5, 0.6) is 5.88 Å². The molecule has 3 aromatic heterocycles. The quantitative estimate of drug-likeness (QED) is 0.656. The number of carbonyl (C=O) groups excluding carboxylic acids is 1. The molecule has 0 aromatic carbocycles. The Morgan fingerprint density at radius 3 is 2.76 bits per heavy atom. The SMILES string of the molecule is Cn1nc2cc(N3CCOc4nc(C(=O)N5CCCCC5)ccc43)ccn2c1=O. The molecule has 150 valence electrons. The number of ether oxygens (including phenoxy) is 1. The van der Waals surface area contributed by atoms with Gasteiger partial charge in [-0.05, 0) is 37.5 Å². The third-order valence-corrected chi connectivity index (χ3v) is 5.51. The smallest absolute Gasteiger partial charge is 0.350 e. The van der Waals surface area contributed by atoms with E-state index in [9.17, 15) is 9.59 Å². The summed E-state index contributed by atoms with van der Waals surface area (Å²) in [5.41, 5.74) is 2.50. The summed E-state index contributed by atoms with van der Waals surface area (Å²) in [5, 5.41) is 4.26. The number of hydrogen-bond donors (Lipinski definition) is 0. The van der Waals surface area contributed by atoms with Crippen molar-refractivity contribution in [1.29, 1.82) is 0 Å². The molecule has 3 aromatic rings. The van der Waals surface area contributed by atoms with Crippen LogP contribution in [0.25, 0.3) is 5.65 Å². The number of carbonyl (C=O) groups is 1. The Labute approximate surface area is 167 Å². The van der Waals surface area contributed by atoms with E-state index in [0.717, 1.165) is 37.3 Å². The number of piperidine rings is 1. The van der Waals surface area contributed by atoms with Crippen LogP contribution < -0.4 is 15.3 Å². The van der Waals surface area contributed by atoms with E-state index >= 15 is 0 Å². The third-order valence-electron chi connectivity index (χ3n) is 5.51. The van der Waals surface area contributed by atoms with Crippen molar-refractivity contribution in [2.75, 3.05) is 31.1 Å². The molecule has 9 heteroatoms. The minimum absolute atomic E-state index is 0.0393. The largest absolute Gasteiger partial charge is 0.474 e. The van der Waals surface area contributed by atoms with Gasteiger partial charge in [-0.25, -0.2) is 14.5 Å². The van der Waals surface area contributed by atoms with Crippen LogP contribution in [0.3, 0.4) is 0 Å². The second-order valence-corrected chi connectivity index (χ2v) is 7.39. The third kappa shape index (κ3) is 3.02. The van der Waals surface area contributed by atoms with Gasteiger partial charge in [-0.2, -0.15) is 5.10 Å². The lowest BCUT2D eigenvalue weighted by Gasteiger charge is -2.31. The highest BCUT2D eigenvalue weighted by molar-refractivity contribution is 5.93. The van der Waals surface area contributed by atoms with Crippen molar-refractivity contribution >= 4 is 22.9 Å². The average molecular weight is 394 g/mol. The Balaban J connectivity index is 1.48. The van der Waals surface area contributed by atoms with Crippen molar-refractivity contribution < 1.29 is 9.53 Å². The molecule has 29 heavy (non-hydrogen) atoms. The molecule has 0 spiro atoms. The van der Waals surface area contributed by atoms with Gasteiger partial charge in [0, 0.05) is 38.1 Å². The minimum Gasteiger partial charge on any atom is -0.474 e. The Kier molecular flexibility index (Phi) is 4.22. The molecule has 5 rings (SSSR count). The van der Waals surface area contributed by atoms with E-state index < -0.39 is 0 Å². The van der Waals surface area contributed by atoms with Gasteiger partial charge in [-0.1, -0.05) is 0 Å². The first-order valence-corrected chi connectivity index (χ1v) is 9.88. The Morgan fingerprint density at radius 2 is 1.93 bits per heavy atom. The maximum atomic E-state index is 12.8. The molecule has 0 unspecified atom stereocenters. The monoisotopic (exact) mass is 394 g/mol. The highest BCUT2D eigenvalue weighted by Gasteiger charge is 2.25. The normalized spacial score (nSPS) is 16.6. The van der Waals surface area contributed by atoms with Crippen molar-refractivity contribution in [2.45, 2.75) is 19.3 Å². The van der Waals surface area contributed by atoms with Gasteiger partial charge in [-0.15, -0.1) is 0 Å². The molecule has 0 aliphatic carbocycles. The fourth-order valence-corrected chi connectivity index (χ4v) is 3.98. The van der Waals surface area contributed by atoms with E-state index in [1.54, 1.807) is 19.3 Å². The van der Waals surface area contributed by atoms with E-state index in [2.05, 4.69) is 15.0 Å². The highest BCUT2D eigenvalue weighted by atomic mass is 16.5. The fourth-order valence-electron chi connectivity index (χ4n) is 3.98. The van der Waals surface area contributed by atoms with Crippen molar-refractivity contribution in [2.24, 2.45) is 7.05 Å². The summed E-state index contributed by atoms with van der Waals surface area (Å²) in [6, 6.07) is 7.38. The number of likely N-dealkylation sites (tertiary alicyclic amines) is 1. The zero-order chi connectivity index (χ0) is 20.0. The zero-order valence-electron chi connectivity index (χ0n) is 16.2. The van der Waals surface area contributed by atoms with Crippen LogP contribution in [-0.2, 0) is 7.05 Å². The lowest BCUT2D eigenvalue weighted by Crippen LogP contribution is -2.36. The van der Waals surface area contributed by atoms with Gasteiger partial charge in [-0.3, -0.25) is 9.20 Å². The summed E-state index contributed by atoms with van der Waals surface area (Å²) in [7, 11) is 1.63. The van der Waals surface area contributed by atoms with Crippen molar-refractivity contribution in [3.63, 3.8) is 0 Å². The summed E-state index contributed by atoms with van der Waals surface area (Å²) >= 11 is 0. The van der Waals surface area contributed by atoms with Crippen molar-refractivity contribution in [1.82, 2.24) is 24.1 Å². The lowest BCUT2D eigenvalue weighted by atomic mass is 10.1. The van der Waals surface area contributed by atoms with Crippen molar-refractivity contribution in [3.8, 4) is 5.88 Å². The number of aryl methyl sites for hydroxylation is 1. The van der Waals surface area contributed by atoms with Crippen LogP contribution >= 0.6 is 0 Å². The highest BCUT2D eigenvalue weighted by Crippen LogP contribution is 2.35. The number of nitrogens with zero attached hydrogens (tertiary/aromatic N) is 6. The molecular weight excluding hydrogens is 372 g/mol. The van der Waals surface area contributed by atoms with E-state index in [0.29, 0.717) is 30.4 Å². The number of fused-ring (bicyclic) bond motifs is 2. The van der Waals surface area contributed by atoms with E-state index in [1.165, 1.54) is 15.5 Å². The number of amides is 1. The first-order chi connectivity index (χ1) is 14.1. The number of anilines is 2. The van der Waals surface area contributed by atoms with Crippen LogP contribution in [0.15, 0.2) is 35.3 Å². The average Bonchev–Trinajstić information content (AvgIpc) is 3.06. The summed E-state index contributed by atoms with van der Waals surface area (Å²) in [6.45, 7) is 2.67. The maximum Gasteiger partial charge on any atom is 0.350 e. The Morgan fingerprint density at radius 1 is 1.10 bits per heavy atom. The number of rotatable bonds is 2. The summed E-state index contributed by atoms with van der Waals surface area (Å²) in [5.74, 6) is 0.417. The van der Waals surface area contributed by atoms with Crippen LogP contribution in [0, 0.1) is 0 Å². The van der Waals surface area contributed by atoms with Gasteiger partial charge >= 0.3 is 5.69 Å². The van der Waals surface area contributed by atoms with Gasteiger partial charge in [0.15, 0.2) is 5.65 Å². The van der Waals surface area contributed by atoms with E-state index in [1.807, 2.05) is 23.1 Å². The maximum absolute atomic E-state index is 12.8. The molecular formula is C20H22N6O3. The van der Waals surface area contributed by atoms with Gasteiger partial charge in [0.2, 0.25) is 5.88 Å². The molecule has 1 amide bonds. The molecule has 0 bridgehead atoms. The van der Waals surface area contributed by atoms with Crippen molar-refractivity contribution in [3.05, 3.63) is 46.6 Å². The molecule has 0 N–H and O–H groups in total. The number of pyridine rings is 2. The first-order valence-electron chi connectivity index (χ1n) is 9.88. The minimum atomic E-state index is -0.184. The second kappa shape index (κ2) is 6.91. The van der Waals surface area contributed by atoms with Gasteiger partial charge in [0.25, 0.3) is 5.91 Å².